The predicted octanol–water partition coefficient (Wildman–Crippen LogP) is 5.16. The Kier molecular flexibility index (Phi) is 6.37. The van der Waals surface area contributed by atoms with Gasteiger partial charge in [-0.3, -0.25) is 4.79 Å². The first-order chi connectivity index (χ1) is 12.3. The van der Waals surface area contributed by atoms with Crippen LogP contribution in [0.5, 0.6) is 11.5 Å². The molecule has 2 aromatic rings. The first-order valence-electron chi connectivity index (χ1n) is 7.73. The quantitative estimate of drug-likeness (QED) is 0.744. The van der Waals surface area contributed by atoms with E-state index in [2.05, 4.69) is 5.32 Å². The Morgan fingerprint density at radius 3 is 2.42 bits per heavy atom. The Hall–Kier alpha value is -2.41. The minimum absolute atomic E-state index is 0.00139. The van der Waals surface area contributed by atoms with Gasteiger partial charge in [0.2, 0.25) is 0 Å². The summed E-state index contributed by atoms with van der Waals surface area (Å²) in [5.74, 6) is 0.183. The molecule has 140 valence electrons. The van der Waals surface area contributed by atoms with Gasteiger partial charge >= 0.3 is 6.18 Å². The van der Waals surface area contributed by atoms with E-state index in [1.807, 2.05) is 0 Å². The molecule has 8 heteroatoms. The molecular weight excluding hydrogens is 371 g/mol. The summed E-state index contributed by atoms with van der Waals surface area (Å²) < 4.78 is 49.3. The molecule has 0 fully saturated rings. The molecule has 0 saturated carbocycles. The lowest BCUT2D eigenvalue weighted by Crippen LogP contribution is -2.32. The highest BCUT2D eigenvalue weighted by molar-refractivity contribution is 6.33. The van der Waals surface area contributed by atoms with E-state index in [0.29, 0.717) is 17.9 Å². The largest absolute Gasteiger partial charge is 0.493 e. The average Bonchev–Trinajstić information content (AvgIpc) is 2.60. The normalized spacial score (nSPS) is 12.4. The van der Waals surface area contributed by atoms with Gasteiger partial charge in [0.15, 0.2) is 17.6 Å². The molecule has 0 heterocycles. The van der Waals surface area contributed by atoms with Crippen LogP contribution in [-0.4, -0.2) is 19.1 Å². The molecule has 1 amide bonds. The van der Waals surface area contributed by atoms with Crippen molar-refractivity contribution in [3.63, 3.8) is 0 Å². The van der Waals surface area contributed by atoms with E-state index in [4.69, 9.17) is 21.1 Å². The second-order valence-electron chi connectivity index (χ2n) is 5.35. The molecule has 0 radical (unpaired) electrons. The van der Waals surface area contributed by atoms with Gasteiger partial charge in [0.1, 0.15) is 0 Å². The molecule has 0 aliphatic heterocycles. The number of methoxy groups -OCH3 is 1. The zero-order valence-corrected chi connectivity index (χ0v) is 14.8. The van der Waals surface area contributed by atoms with Crippen LogP contribution in [-0.2, 0) is 11.0 Å². The maximum Gasteiger partial charge on any atom is 0.416 e. The van der Waals surface area contributed by atoms with Crippen molar-refractivity contribution in [3.8, 4) is 11.5 Å². The average molecular weight is 388 g/mol. The summed E-state index contributed by atoms with van der Waals surface area (Å²) in [6.07, 6.45) is -5.18. The Morgan fingerprint density at radius 2 is 1.85 bits per heavy atom. The third-order valence-electron chi connectivity index (χ3n) is 3.55. The van der Waals surface area contributed by atoms with Crippen LogP contribution in [0, 0.1) is 0 Å². The maximum atomic E-state index is 12.8. The molecular formula is C18H17ClF3NO3. The van der Waals surface area contributed by atoms with Crippen LogP contribution in [0.3, 0.4) is 0 Å². The monoisotopic (exact) mass is 387 g/mol. The van der Waals surface area contributed by atoms with Gasteiger partial charge < -0.3 is 14.8 Å². The number of carbonyl (C=O) groups excluding carboxylic acids is 1. The van der Waals surface area contributed by atoms with Crippen molar-refractivity contribution in [2.24, 2.45) is 0 Å². The molecule has 0 saturated heterocycles. The molecule has 4 nitrogen and oxygen atoms in total. The van der Waals surface area contributed by atoms with E-state index in [9.17, 15) is 18.0 Å². The van der Waals surface area contributed by atoms with Crippen molar-refractivity contribution < 1.29 is 27.4 Å². The number of hydrogen-bond donors (Lipinski definition) is 1. The molecule has 2 rings (SSSR count). The molecule has 26 heavy (non-hydrogen) atoms. The topological polar surface area (TPSA) is 47.6 Å². The second kappa shape index (κ2) is 8.31. The molecule has 0 bridgehead atoms. The number of halogens is 4. The third-order valence-corrected chi connectivity index (χ3v) is 3.88. The zero-order valence-electron chi connectivity index (χ0n) is 14.1. The van der Waals surface area contributed by atoms with Crippen LogP contribution in [0.1, 0.15) is 18.9 Å². The number of benzene rings is 2. The number of amides is 1. The summed E-state index contributed by atoms with van der Waals surface area (Å²) in [6.45, 7) is 1.72. The number of ether oxygens (including phenoxy) is 2. The molecule has 0 unspecified atom stereocenters. The number of hydrogen-bond acceptors (Lipinski definition) is 3. The van der Waals surface area contributed by atoms with Crippen LogP contribution in [0.15, 0.2) is 42.5 Å². The zero-order chi connectivity index (χ0) is 19.3. The SMILES string of the molecule is CC[C@H](Oc1ccccc1OC)C(=O)Nc1cc(C(F)(F)F)ccc1Cl. The lowest BCUT2D eigenvalue weighted by atomic mass is 10.1. The van der Waals surface area contributed by atoms with E-state index in [0.717, 1.165) is 18.2 Å². The van der Waals surface area contributed by atoms with Gasteiger partial charge in [0.25, 0.3) is 5.91 Å². The third kappa shape index (κ3) is 4.82. The summed E-state index contributed by atoms with van der Waals surface area (Å²) in [4.78, 5) is 12.4. The van der Waals surface area contributed by atoms with Gasteiger partial charge in [-0.15, -0.1) is 0 Å². The standard InChI is InChI=1S/C18H17ClF3NO3/c1-3-14(26-16-7-5-4-6-15(16)25-2)17(24)23-13-10-11(18(20,21)22)8-9-12(13)19/h4-10,14H,3H2,1-2H3,(H,23,24)/t14-/m0/s1. The predicted molar refractivity (Wildman–Crippen MR) is 92.8 cm³/mol. The summed E-state index contributed by atoms with van der Waals surface area (Å²) in [5.41, 5.74) is -1.04. The first-order valence-corrected chi connectivity index (χ1v) is 8.11. The Balaban J connectivity index is 2.19. The summed E-state index contributed by atoms with van der Waals surface area (Å²) in [6, 6.07) is 9.48. The van der Waals surface area contributed by atoms with Crippen molar-refractivity contribution >= 4 is 23.2 Å². The molecule has 1 atom stereocenters. The fraction of sp³-hybridized carbons (Fsp3) is 0.278. The highest BCUT2D eigenvalue weighted by atomic mass is 35.5. The van der Waals surface area contributed by atoms with Crippen LogP contribution < -0.4 is 14.8 Å². The highest BCUT2D eigenvalue weighted by Gasteiger charge is 2.31. The van der Waals surface area contributed by atoms with Crippen LogP contribution in [0.4, 0.5) is 18.9 Å². The lowest BCUT2D eigenvalue weighted by Gasteiger charge is -2.19. The molecule has 1 N–H and O–H groups in total. The Bertz CT molecular complexity index is 781. The van der Waals surface area contributed by atoms with Crippen molar-refractivity contribution in [3.05, 3.63) is 53.1 Å². The van der Waals surface area contributed by atoms with E-state index < -0.39 is 23.8 Å². The molecule has 0 spiro atoms. The van der Waals surface area contributed by atoms with Gasteiger partial charge in [-0.25, -0.2) is 0 Å². The Morgan fingerprint density at radius 1 is 1.19 bits per heavy atom. The highest BCUT2D eigenvalue weighted by Crippen LogP contribution is 2.34. The van der Waals surface area contributed by atoms with E-state index in [-0.39, 0.29) is 10.7 Å². The van der Waals surface area contributed by atoms with Gasteiger partial charge in [-0.05, 0) is 36.8 Å². The van der Waals surface area contributed by atoms with E-state index in [1.165, 1.54) is 7.11 Å². The van der Waals surface area contributed by atoms with Crippen LogP contribution in [0.25, 0.3) is 0 Å². The van der Waals surface area contributed by atoms with Crippen molar-refractivity contribution in [1.29, 1.82) is 0 Å². The fourth-order valence-corrected chi connectivity index (χ4v) is 2.37. The number of anilines is 1. The first kappa shape index (κ1) is 19.9. The molecule has 0 aliphatic rings. The maximum absolute atomic E-state index is 12.8. The summed E-state index contributed by atoms with van der Waals surface area (Å²) in [7, 11) is 1.46. The van der Waals surface area contributed by atoms with Gasteiger partial charge in [0, 0.05) is 0 Å². The summed E-state index contributed by atoms with van der Waals surface area (Å²) >= 11 is 5.90. The van der Waals surface area contributed by atoms with Crippen LogP contribution in [0.2, 0.25) is 5.02 Å². The van der Waals surface area contributed by atoms with Gasteiger partial charge in [-0.1, -0.05) is 30.7 Å². The van der Waals surface area contributed by atoms with E-state index in [1.54, 1.807) is 31.2 Å². The number of rotatable bonds is 6. The van der Waals surface area contributed by atoms with Crippen molar-refractivity contribution in [2.45, 2.75) is 25.6 Å². The number of nitrogens with one attached hydrogen (secondary N) is 1. The Labute approximate surface area is 153 Å². The summed E-state index contributed by atoms with van der Waals surface area (Å²) in [5, 5.41) is 2.39. The van der Waals surface area contributed by atoms with Crippen molar-refractivity contribution in [2.75, 3.05) is 12.4 Å². The molecule has 2 aromatic carbocycles. The van der Waals surface area contributed by atoms with Gasteiger partial charge in [-0.2, -0.15) is 13.2 Å². The minimum atomic E-state index is -4.54. The number of alkyl halides is 3. The number of carbonyl (C=O) groups is 1. The molecule has 0 aromatic heterocycles. The minimum Gasteiger partial charge on any atom is -0.493 e. The second-order valence-corrected chi connectivity index (χ2v) is 5.75. The lowest BCUT2D eigenvalue weighted by molar-refractivity contribution is -0.137. The smallest absolute Gasteiger partial charge is 0.416 e. The van der Waals surface area contributed by atoms with Crippen LogP contribution >= 0.6 is 11.6 Å². The molecule has 0 aliphatic carbocycles. The van der Waals surface area contributed by atoms with Crippen molar-refractivity contribution in [1.82, 2.24) is 0 Å². The number of para-hydroxylation sites is 2. The fourth-order valence-electron chi connectivity index (χ4n) is 2.20. The van der Waals surface area contributed by atoms with E-state index >= 15 is 0 Å². The van der Waals surface area contributed by atoms with Gasteiger partial charge in [0.05, 0.1) is 23.4 Å².